The van der Waals surface area contributed by atoms with Gasteiger partial charge in [0.05, 0.1) is 11.4 Å². The molecule has 0 atom stereocenters. The highest BCUT2D eigenvalue weighted by Crippen LogP contribution is 2.32. The summed E-state index contributed by atoms with van der Waals surface area (Å²) in [7, 11) is 1.97. The molecule has 0 radical (unpaired) electrons. The molecule has 1 aromatic carbocycles. The number of hydrogen-bond acceptors (Lipinski definition) is 2. The molecule has 1 heterocycles. The van der Waals surface area contributed by atoms with Crippen molar-refractivity contribution in [3.8, 4) is 0 Å². The minimum Gasteiger partial charge on any atom is -0.324 e. The molecule has 0 saturated carbocycles. The van der Waals surface area contributed by atoms with Crippen molar-refractivity contribution in [2.75, 3.05) is 5.32 Å². The second kappa shape index (κ2) is 4.59. The van der Waals surface area contributed by atoms with E-state index in [0.717, 1.165) is 26.3 Å². The Hall–Kier alpha value is -0.810. The number of hydrogen-bond donors (Lipinski definition) is 1. The van der Waals surface area contributed by atoms with E-state index in [9.17, 15) is 0 Å². The topological polar surface area (TPSA) is 29.9 Å². The van der Waals surface area contributed by atoms with E-state index in [1.807, 2.05) is 42.9 Å². The Balaban J connectivity index is 2.37. The Kier molecular flexibility index (Phi) is 3.35. The lowest BCUT2D eigenvalue weighted by molar-refractivity contribution is 0.923. The fraction of sp³-hybridized carbons (Fsp3) is 0.182. The number of imidazole rings is 1. The standard InChI is InChI=1S/C11H11Br2N3/c1-7-6-16(2)11(14-7)15-10-8(12)4-3-5-9(10)13/h3-6H,1-2H3,(H,14,15). The first kappa shape index (κ1) is 11.7. The Morgan fingerprint density at radius 2 is 1.88 bits per heavy atom. The fourth-order valence-electron chi connectivity index (χ4n) is 1.46. The van der Waals surface area contributed by atoms with Crippen LogP contribution in [0.5, 0.6) is 0 Å². The van der Waals surface area contributed by atoms with Crippen molar-refractivity contribution in [3.63, 3.8) is 0 Å². The molecule has 0 aliphatic heterocycles. The van der Waals surface area contributed by atoms with E-state index in [0.29, 0.717) is 0 Å². The highest BCUT2D eigenvalue weighted by molar-refractivity contribution is 9.11. The van der Waals surface area contributed by atoms with Crippen molar-refractivity contribution < 1.29 is 0 Å². The summed E-state index contributed by atoms with van der Waals surface area (Å²) in [5.41, 5.74) is 1.98. The number of halogens is 2. The first-order chi connectivity index (χ1) is 7.58. The molecule has 0 fully saturated rings. The zero-order chi connectivity index (χ0) is 11.7. The van der Waals surface area contributed by atoms with Crippen LogP contribution in [0.4, 0.5) is 11.6 Å². The highest BCUT2D eigenvalue weighted by atomic mass is 79.9. The molecule has 0 unspecified atom stereocenters. The van der Waals surface area contributed by atoms with E-state index < -0.39 is 0 Å². The molecule has 0 aliphatic carbocycles. The first-order valence-electron chi connectivity index (χ1n) is 4.79. The van der Waals surface area contributed by atoms with Gasteiger partial charge < -0.3 is 9.88 Å². The van der Waals surface area contributed by atoms with Crippen molar-refractivity contribution in [1.82, 2.24) is 9.55 Å². The molecule has 3 nitrogen and oxygen atoms in total. The molecular formula is C11H11Br2N3. The molecule has 16 heavy (non-hydrogen) atoms. The Labute approximate surface area is 111 Å². The second-order valence-corrected chi connectivity index (χ2v) is 5.25. The van der Waals surface area contributed by atoms with Crippen LogP contribution in [0, 0.1) is 6.92 Å². The van der Waals surface area contributed by atoms with E-state index in [1.54, 1.807) is 0 Å². The second-order valence-electron chi connectivity index (χ2n) is 3.54. The van der Waals surface area contributed by atoms with E-state index >= 15 is 0 Å². The van der Waals surface area contributed by atoms with Crippen LogP contribution in [0.3, 0.4) is 0 Å². The van der Waals surface area contributed by atoms with Gasteiger partial charge in [-0.05, 0) is 50.9 Å². The lowest BCUT2D eigenvalue weighted by Gasteiger charge is -2.09. The monoisotopic (exact) mass is 343 g/mol. The van der Waals surface area contributed by atoms with E-state index in [4.69, 9.17) is 0 Å². The van der Waals surface area contributed by atoms with Crippen LogP contribution in [-0.2, 0) is 7.05 Å². The van der Waals surface area contributed by atoms with Gasteiger partial charge in [0.1, 0.15) is 0 Å². The van der Waals surface area contributed by atoms with Crippen molar-refractivity contribution in [1.29, 1.82) is 0 Å². The van der Waals surface area contributed by atoms with Crippen LogP contribution in [0.2, 0.25) is 0 Å². The zero-order valence-electron chi connectivity index (χ0n) is 8.96. The van der Waals surface area contributed by atoms with Gasteiger partial charge in [0.15, 0.2) is 0 Å². The van der Waals surface area contributed by atoms with E-state index in [2.05, 4.69) is 42.2 Å². The van der Waals surface area contributed by atoms with Crippen molar-refractivity contribution in [2.45, 2.75) is 6.92 Å². The molecule has 0 spiro atoms. The predicted molar refractivity (Wildman–Crippen MR) is 73.1 cm³/mol. The molecule has 0 aliphatic rings. The lowest BCUT2D eigenvalue weighted by Crippen LogP contribution is -1.99. The third-order valence-electron chi connectivity index (χ3n) is 2.20. The summed E-state index contributed by atoms with van der Waals surface area (Å²) < 4.78 is 3.96. The van der Waals surface area contributed by atoms with Crippen LogP contribution in [0.25, 0.3) is 0 Å². The molecule has 0 amide bonds. The minimum atomic E-state index is 0.824. The summed E-state index contributed by atoms with van der Waals surface area (Å²) in [6.07, 6.45) is 1.98. The Morgan fingerprint density at radius 1 is 1.25 bits per heavy atom. The number of aryl methyl sites for hydroxylation is 2. The van der Waals surface area contributed by atoms with Gasteiger partial charge in [0.25, 0.3) is 0 Å². The molecule has 2 aromatic rings. The number of benzene rings is 1. The molecular weight excluding hydrogens is 334 g/mol. The van der Waals surface area contributed by atoms with E-state index in [1.165, 1.54) is 0 Å². The summed E-state index contributed by atoms with van der Waals surface area (Å²) in [5, 5.41) is 3.29. The molecule has 1 aromatic heterocycles. The van der Waals surface area contributed by atoms with Crippen LogP contribution >= 0.6 is 31.9 Å². The average molecular weight is 345 g/mol. The quantitative estimate of drug-likeness (QED) is 0.892. The average Bonchev–Trinajstić information content (AvgIpc) is 2.51. The number of aromatic nitrogens is 2. The number of nitrogens with zero attached hydrogens (tertiary/aromatic N) is 2. The van der Waals surface area contributed by atoms with Gasteiger partial charge in [0, 0.05) is 22.2 Å². The molecule has 0 bridgehead atoms. The van der Waals surface area contributed by atoms with Crippen LogP contribution < -0.4 is 5.32 Å². The lowest BCUT2D eigenvalue weighted by atomic mass is 10.3. The number of para-hydroxylation sites is 1. The number of anilines is 2. The fourth-order valence-corrected chi connectivity index (χ4v) is 2.66. The van der Waals surface area contributed by atoms with Gasteiger partial charge in [-0.15, -0.1) is 0 Å². The summed E-state index contributed by atoms with van der Waals surface area (Å²) >= 11 is 7.01. The van der Waals surface area contributed by atoms with Crippen LogP contribution in [0.15, 0.2) is 33.3 Å². The highest BCUT2D eigenvalue weighted by Gasteiger charge is 2.08. The third kappa shape index (κ3) is 2.30. The smallest absolute Gasteiger partial charge is 0.207 e. The van der Waals surface area contributed by atoms with Gasteiger partial charge in [-0.2, -0.15) is 0 Å². The van der Waals surface area contributed by atoms with Crippen molar-refractivity contribution in [2.24, 2.45) is 7.05 Å². The molecule has 0 saturated heterocycles. The minimum absolute atomic E-state index is 0.824. The van der Waals surface area contributed by atoms with E-state index in [-0.39, 0.29) is 0 Å². The summed E-state index contributed by atoms with van der Waals surface area (Å²) in [6, 6.07) is 5.95. The maximum absolute atomic E-state index is 4.40. The maximum Gasteiger partial charge on any atom is 0.207 e. The Bertz CT molecular complexity index is 500. The van der Waals surface area contributed by atoms with Crippen LogP contribution in [-0.4, -0.2) is 9.55 Å². The molecule has 84 valence electrons. The largest absolute Gasteiger partial charge is 0.324 e. The van der Waals surface area contributed by atoms with Gasteiger partial charge in [0.2, 0.25) is 5.95 Å². The normalized spacial score (nSPS) is 10.5. The first-order valence-corrected chi connectivity index (χ1v) is 6.37. The van der Waals surface area contributed by atoms with Crippen LogP contribution in [0.1, 0.15) is 5.69 Å². The number of rotatable bonds is 2. The summed E-state index contributed by atoms with van der Waals surface area (Å²) in [6.45, 7) is 1.97. The van der Waals surface area contributed by atoms with Gasteiger partial charge in [-0.3, -0.25) is 0 Å². The Morgan fingerprint density at radius 3 is 2.38 bits per heavy atom. The van der Waals surface area contributed by atoms with Crippen molar-refractivity contribution >= 4 is 43.5 Å². The summed E-state index contributed by atoms with van der Waals surface area (Å²) in [4.78, 5) is 4.40. The zero-order valence-corrected chi connectivity index (χ0v) is 12.1. The number of nitrogens with one attached hydrogen (secondary N) is 1. The molecule has 5 heteroatoms. The third-order valence-corrected chi connectivity index (χ3v) is 3.52. The SMILES string of the molecule is Cc1cn(C)c(Nc2c(Br)cccc2Br)n1. The van der Waals surface area contributed by atoms with Gasteiger partial charge in [-0.25, -0.2) is 4.98 Å². The molecule has 1 N–H and O–H groups in total. The van der Waals surface area contributed by atoms with Gasteiger partial charge in [-0.1, -0.05) is 6.07 Å². The summed E-state index contributed by atoms with van der Waals surface area (Å²) in [5.74, 6) is 0.824. The predicted octanol–water partition coefficient (Wildman–Crippen LogP) is 4.00. The van der Waals surface area contributed by atoms with Gasteiger partial charge >= 0.3 is 0 Å². The molecule has 2 rings (SSSR count). The van der Waals surface area contributed by atoms with Crippen molar-refractivity contribution in [3.05, 3.63) is 39.0 Å². The maximum atomic E-state index is 4.40.